The minimum absolute atomic E-state index is 0.0333. The van der Waals surface area contributed by atoms with Crippen LogP contribution in [0.2, 0.25) is 5.02 Å². The fourth-order valence-electron chi connectivity index (χ4n) is 3.89. The third-order valence-corrected chi connectivity index (χ3v) is 6.69. The molecule has 0 aliphatic carbocycles. The summed E-state index contributed by atoms with van der Waals surface area (Å²) < 4.78 is 14.7. The first-order valence-electron chi connectivity index (χ1n) is 10.5. The van der Waals surface area contributed by atoms with Crippen molar-refractivity contribution in [1.82, 2.24) is 15.2 Å². The topological polar surface area (TPSA) is 44.4 Å². The van der Waals surface area contributed by atoms with Crippen LogP contribution in [0.5, 0.6) is 0 Å². The Morgan fingerprint density at radius 2 is 1.94 bits per heavy atom. The molecule has 3 aromatic carbocycles. The minimum Gasteiger partial charge on any atom is -0.298 e. The van der Waals surface area contributed by atoms with Crippen LogP contribution in [0.15, 0.2) is 66.7 Å². The number of carbonyl (C=O) groups excluding carboxylic acids is 1. The molecule has 166 valence electrons. The van der Waals surface area contributed by atoms with Gasteiger partial charge in [0.2, 0.25) is 0 Å². The van der Waals surface area contributed by atoms with Gasteiger partial charge >= 0.3 is 0 Å². The summed E-state index contributed by atoms with van der Waals surface area (Å²) in [6.45, 7) is 4.40. The van der Waals surface area contributed by atoms with E-state index in [2.05, 4.69) is 21.2 Å². The van der Waals surface area contributed by atoms with Gasteiger partial charge in [-0.3, -0.25) is 15.1 Å². The van der Waals surface area contributed by atoms with Crippen molar-refractivity contribution in [3.63, 3.8) is 0 Å². The highest BCUT2D eigenvalue weighted by Crippen LogP contribution is 2.25. The van der Waals surface area contributed by atoms with Gasteiger partial charge in [0, 0.05) is 23.4 Å². The van der Waals surface area contributed by atoms with E-state index in [4.69, 9.17) is 11.6 Å². The van der Waals surface area contributed by atoms with Crippen molar-refractivity contribution >= 4 is 29.5 Å². The van der Waals surface area contributed by atoms with E-state index in [1.165, 1.54) is 17.5 Å². The molecule has 0 spiro atoms. The van der Waals surface area contributed by atoms with Crippen LogP contribution in [-0.2, 0) is 6.54 Å². The van der Waals surface area contributed by atoms with Gasteiger partial charge in [0.1, 0.15) is 5.82 Å². The summed E-state index contributed by atoms with van der Waals surface area (Å²) in [5.41, 5.74) is 6.06. The van der Waals surface area contributed by atoms with Gasteiger partial charge < -0.3 is 0 Å². The second kappa shape index (κ2) is 10.5. The zero-order valence-electron chi connectivity index (χ0n) is 17.8. The van der Waals surface area contributed by atoms with E-state index in [0.29, 0.717) is 10.8 Å². The molecule has 32 heavy (non-hydrogen) atoms. The fourth-order valence-corrected chi connectivity index (χ4v) is 4.93. The van der Waals surface area contributed by atoms with Crippen molar-refractivity contribution in [2.24, 2.45) is 0 Å². The molecular weight excluding hydrogens is 445 g/mol. The number of nitrogens with one attached hydrogen (secondary N) is 2. The Hall–Kier alpha value is -2.38. The van der Waals surface area contributed by atoms with Crippen LogP contribution in [0.1, 0.15) is 27.9 Å². The summed E-state index contributed by atoms with van der Waals surface area (Å²) in [6.07, 6.45) is 1.01. The second-order valence-corrected chi connectivity index (χ2v) is 9.51. The van der Waals surface area contributed by atoms with Crippen LogP contribution in [0, 0.1) is 12.7 Å². The van der Waals surface area contributed by atoms with E-state index in [-0.39, 0.29) is 5.56 Å². The van der Waals surface area contributed by atoms with Crippen LogP contribution in [0.25, 0.3) is 11.1 Å². The molecule has 2 N–H and O–H groups in total. The van der Waals surface area contributed by atoms with Gasteiger partial charge in [0.15, 0.2) is 0 Å². The van der Waals surface area contributed by atoms with Crippen LogP contribution >= 0.6 is 23.5 Å². The SMILES string of the molecule is Cc1cc(-c2ccccc2)cc(C(=O)NNSC2CCN(Cc3cccc(Cl)c3)C2)c1F. The minimum atomic E-state index is -0.498. The molecule has 1 heterocycles. The van der Waals surface area contributed by atoms with Gasteiger partial charge in [-0.2, -0.15) is 4.83 Å². The number of aryl methyl sites for hydroxylation is 1. The highest BCUT2D eigenvalue weighted by Gasteiger charge is 2.23. The number of nitrogens with zero attached hydrogens (tertiary/aromatic N) is 1. The monoisotopic (exact) mass is 469 g/mol. The summed E-state index contributed by atoms with van der Waals surface area (Å²) in [6, 6.07) is 20.9. The average molecular weight is 470 g/mol. The Bertz CT molecular complexity index is 1100. The molecule has 1 aliphatic heterocycles. The highest BCUT2D eigenvalue weighted by molar-refractivity contribution is 7.98. The van der Waals surface area contributed by atoms with Crippen molar-refractivity contribution in [3.8, 4) is 11.1 Å². The van der Waals surface area contributed by atoms with Crippen molar-refractivity contribution in [2.75, 3.05) is 13.1 Å². The molecule has 0 radical (unpaired) electrons. The molecule has 0 aromatic heterocycles. The van der Waals surface area contributed by atoms with Crippen molar-refractivity contribution in [3.05, 3.63) is 94.3 Å². The lowest BCUT2D eigenvalue weighted by atomic mass is 9.99. The summed E-state index contributed by atoms with van der Waals surface area (Å²) >= 11 is 7.54. The summed E-state index contributed by atoms with van der Waals surface area (Å²) in [5.74, 6) is -0.979. The van der Waals surface area contributed by atoms with E-state index in [0.717, 1.165) is 42.2 Å². The lowest BCUT2D eigenvalue weighted by Gasteiger charge is -2.16. The van der Waals surface area contributed by atoms with E-state index in [1.807, 2.05) is 48.5 Å². The lowest BCUT2D eigenvalue weighted by Crippen LogP contribution is -2.35. The zero-order chi connectivity index (χ0) is 22.5. The quantitative estimate of drug-likeness (QED) is 0.348. The number of benzene rings is 3. The largest absolute Gasteiger partial charge is 0.298 e. The highest BCUT2D eigenvalue weighted by atomic mass is 35.5. The lowest BCUT2D eigenvalue weighted by molar-refractivity contribution is 0.0943. The van der Waals surface area contributed by atoms with Crippen molar-refractivity contribution in [2.45, 2.75) is 25.1 Å². The number of carbonyl (C=O) groups is 1. The van der Waals surface area contributed by atoms with Gasteiger partial charge in [-0.1, -0.05) is 66.0 Å². The van der Waals surface area contributed by atoms with E-state index in [9.17, 15) is 9.18 Å². The Balaban J connectivity index is 1.31. The molecule has 1 aliphatic rings. The average Bonchev–Trinajstić information content (AvgIpc) is 3.23. The second-order valence-electron chi connectivity index (χ2n) is 7.97. The Morgan fingerprint density at radius 3 is 2.72 bits per heavy atom. The Labute approximate surface area is 197 Å². The standard InChI is InChI=1S/C25H25ClFN3OS/c1-17-12-20(19-7-3-2-4-8-19)14-23(24(17)27)25(31)28-29-32-22-10-11-30(16-22)15-18-6-5-9-21(26)13-18/h2-9,12-14,22,29H,10-11,15-16H2,1H3,(H,28,31). The zero-order valence-corrected chi connectivity index (χ0v) is 19.3. The van der Waals surface area contributed by atoms with Gasteiger partial charge in [-0.15, -0.1) is 0 Å². The molecule has 1 fully saturated rings. The summed E-state index contributed by atoms with van der Waals surface area (Å²) in [5, 5.41) is 1.08. The number of amides is 1. The molecular formula is C25H25ClFN3OS. The van der Waals surface area contributed by atoms with E-state index in [1.54, 1.807) is 19.1 Å². The molecule has 3 aromatic rings. The van der Waals surface area contributed by atoms with E-state index >= 15 is 0 Å². The molecule has 1 atom stereocenters. The van der Waals surface area contributed by atoms with E-state index < -0.39 is 11.7 Å². The molecule has 1 unspecified atom stereocenters. The normalized spacial score (nSPS) is 16.3. The number of halogens is 2. The molecule has 7 heteroatoms. The molecule has 4 nitrogen and oxygen atoms in total. The summed E-state index contributed by atoms with van der Waals surface area (Å²) in [4.78, 5) is 18.0. The molecule has 4 rings (SSSR count). The van der Waals surface area contributed by atoms with Crippen LogP contribution < -0.4 is 10.3 Å². The maximum atomic E-state index is 14.7. The maximum Gasteiger partial charge on any atom is 0.269 e. The predicted octanol–water partition coefficient (Wildman–Crippen LogP) is 5.61. The molecule has 0 bridgehead atoms. The number of hydrazine groups is 1. The van der Waals surface area contributed by atoms with Crippen molar-refractivity contribution in [1.29, 1.82) is 0 Å². The van der Waals surface area contributed by atoms with Crippen LogP contribution in [-0.4, -0.2) is 29.1 Å². The number of hydrogen-bond acceptors (Lipinski definition) is 4. The molecule has 1 saturated heterocycles. The summed E-state index contributed by atoms with van der Waals surface area (Å²) in [7, 11) is 0. The fraction of sp³-hybridized carbons (Fsp3) is 0.240. The number of rotatable bonds is 7. The smallest absolute Gasteiger partial charge is 0.269 e. The predicted molar refractivity (Wildman–Crippen MR) is 130 cm³/mol. The molecule has 1 amide bonds. The number of likely N-dealkylation sites (tertiary alicyclic amines) is 1. The first kappa shape index (κ1) is 22.8. The van der Waals surface area contributed by atoms with Crippen molar-refractivity contribution < 1.29 is 9.18 Å². The first-order valence-corrected chi connectivity index (χ1v) is 11.8. The Morgan fingerprint density at radius 1 is 1.12 bits per heavy atom. The maximum absolute atomic E-state index is 14.7. The third kappa shape index (κ3) is 5.70. The van der Waals surface area contributed by atoms with Crippen LogP contribution in [0.4, 0.5) is 4.39 Å². The third-order valence-electron chi connectivity index (χ3n) is 5.52. The van der Waals surface area contributed by atoms with Gasteiger partial charge in [-0.05, 0) is 66.4 Å². The van der Waals surface area contributed by atoms with Gasteiger partial charge in [0.05, 0.1) is 5.56 Å². The Kier molecular flexibility index (Phi) is 7.48. The number of hydrogen-bond donors (Lipinski definition) is 2. The first-order chi connectivity index (χ1) is 15.5. The van der Waals surface area contributed by atoms with Crippen LogP contribution in [0.3, 0.4) is 0 Å². The van der Waals surface area contributed by atoms with Gasteiger partial charge in [0.25, 0.3) is 5.91 Å². The molecule has 0 saturated carbocycles. The van der Waals surface area contributed by atoms with Gasteiger partial charge in [-0.25, -0.2) is 4.39 Å².